The lowest BCUT2D eigenvalue weighted by Gasteiger charge is -2.28. The molecule has 6 rings (SSSR count). The highest BCUT2D eigenvalue weighted by molar-refractivity contribution is 6.04. The quantitative estimate of drug-likeness (QED) is 0.0851. The van der Waals surface area contributed by atoms with E-state index in [0.29, 0.717) is 29.0 Å². The number of aliphatic hydroxyl groups excluding tert-OH is 1. The fourth-order valence-electron chi connectivity index (χ4n) is 6.02. The average molecular weight is 753 g/mol. The summed E-state index contributed by atoms with van der Waals surface area (Å²) in [6, 6.07) is 10.4. The summed E-state index contributed by atoms with van der Waals surface area (Å²) in [5, 5.41) is 23.2. The number of aromatic nitrogens is 8. The molecule has 2 aromatic carbocycles. The minimum Gasteiger partial charge on any atom is -0.375 e. The number of nitrogens with one attached hydrogen (secondary N) is 2. The average Bonchev–Trinajstić information content (AvgIpc) is 3.86. The second-order valence-corrected chi connectivity index (χ2v) is 12.6. The summed E-state index contributed by atoms with van der Waals surface area (Å²) in [5.41, 5.74) is 11.9. The number of alkyl halides is 4. The van der Waals surface area contributed by atoms with Crippen molar-refractivity contribution in [2.75, 3.05) is 10.6 Å². The van der Waals surface area contributed by atoms with Crippen LogP contribution in [0, 0.1) is 13.8 Å². The zero-order valence-corrected chi connectivity index (χ0v) is 29.4. The summed E-state index contributed by atoms with van der Waals surface area (Å²) in [4.78, 5) is 47.0. The molecule has 3 amide bonds. The monoisotopic (exact) mass is 752 g/mol. The molecule has 6 aromatic rings. The van der Waals surface area contributed by atoms with Gasteiger partial charge in [0.15, 0.2) is 0 Å². The fourth-order valence-corrected chi connectivity index (χ4v) is 6.02. The number of nitrogens with zero attached hydrogens (tertiary/aromatic N) is 8. The highest BCUT2D eigenvalue weighted by atomic mass is 19.3. The smallest absolute Gasteiger partial charge is 0.329 e. The van der Waals surface area contributed by atoms with Gasteiger partial charge in [0.1, 0.15) is 17.6 Å². The minimum atomic E-state index is -4.85. The second-order valence-electron chi connectivity index (χ2n) is 12.6. The lowest BCUT2D eigenvalue weighted by atomic mass is 10.1. The van der Waals surface area contributed by atoms with Crippen molar-refractivity contribution >= 4 is 51.7 Å². The van der Waals surface area contributed by atoms with E-state index < -0.39 is 60.8 Å². The van der Waals surface area contributed by atoms with E-state index in [4.69, 9.17) is 11.5 Å². The van der Waals surface area contributed by atoms with E-state index in [1.54, 1.807) is 27.7 Å². The van der Waals surface area contributed by atoms with Crippen molar-refractivity contribution in [2.24, 2.45) is 11.5 Å². The first-order chi connectivity index (χ1) is 25.4. The van der Waals surface area contributed by atoms with Gasteiger partial charge in [-0.05, 0) is 75.7 Å². The Hall–Kier alpha value is -6.15. The number of amides is 3. The Labute approximate surface area is 303 Å². The van der Waals surface area contributed by atoms with Gasteiger partial charge in [-0.15, -0.1) is 0 Å². The van der Waals surface area contributed by atoms with Crippen molar-refractivity contribution < 1.29 is 37.1 Å². The molecular formula is C34H36F4N12O4. The van der Waals surface area contributed by atoms with Crippen LogP contribution in [0.5, 0.6) is 0 Å². The van der Waals surface area contributed by atoms with Gasteiger partial charge in [0.25, 0.3) is 11.8 Å². The van der Waals surface area contributed by atoms with Crippen LogP contribution >= 0.6 is 0 Å². The van der Waals surface area contributed by atoms with Gasteiger partial charge in [0.05, 0.1) is 46.5 Å². The van der Waals surface area contributed by atoms with Gasteiger partial charge in [-0.25, -0.2) is 9.97 Å². The number of primary amides is 1. The number of benzene rings is 2. The normalized spacial score (nSPS) is 12.8. The van der Waals surface area contributed by atoms with Crippen molar-refractivity contribution in [1.29, 1.82) is 0 Å². The molecule has 0 aliphatic rings. The third kappa shape index (κ3) is 6.99. The molecule has 16 nitrogen and oxygen atoms in total. The van der Waals surface area contributed by atoms with E-state index in [-0.39, 0.29) is 44.6 Å². The third-order valence-corrected chi connectivity index (χ3v) is 8.71. The van der Waals surface area contributed by atoms with Crippen LogP contribution in [0.1, 0.15) is 68.4 Å². The maximum Gasteiger partial charge on any atom is 0.329 e. The number of hydrogen-bond donors (Lipinski definition) is 5. The molecule has 0 fully saturated rings. The molecule has 1 atom stereocenters. The van der Waals surface area contributed by atoms with Crippen LogP contribution in [0.3, 0.4) is 0 Å². The van der Waals surface area contributed by atoms with E-state index in [0.717, 1.165) is 4.57 Å². The number of aliphatic hydroxyl groups is 1. The van der Waals surface area contributed by atoms with Gasteiger partial charge in [0.2, 0.25) is 17.8 Å². The molecule has 0 bridgehead atoms. The molecule has 0 saturated heterocycles. The number of imidazole rings is 2. The number of nitrogens with two attached hydrogens (primary N) is 2. The number of anilines is 2. The first kappa shape index (κ1) is 37.6. The van der Waals surface area contributed by atoms with E-state index in [1.165, 1.54) is 57.9 Å². The van der Waals surface area contributed by atoms with Gasteiger partial charge in [-0.3, -0.25) is 34.4 Å². The van der Waals surface area contributed by atoms with Gasteiger partial charge < -0.3 is 25.7 Å². The number of rotatable bonds is 13. The third-order valence-electron chi connectivity index (χ3n) is 8.71. The van der Waals surface area contributed by atoms with Crippen LogP contribution in [-0.2, 0) is 26.2 Å². The number of hydrogen-bond acceptors (Lipinski definition) is 9. The van der Waals surface area contributed by atoms with Crippen LogP contribution in [0.2, 0.25) is 0 Å². The fraction of sp³-hybridized carbons (Fsp3) is 0.324. The van der Waals surface area contributed by atoms with Crippen LogP contribution in [0.15, 0.2) is 48.5 Å². The van der Waals surface area contributed by atoms with Gasteiger partial charge in [-0.2, -0.15) is 27.8 Å². The van der Waals surface area contributed by atoms with Crippen molar-refractivity contribution in [3.63, 3.8) is 0 Å². The Morgan fingerprint density at radius 2 is 1.20 bits per heavy atom. The summed E-state index contributed by atoms with van der Waals surface area (Å²) in [7, 11) is 0. The molecule has 284 valence electrons. The first-order valence-electron chi connectivity index (χ1n) is 16.6. The number of fused-ring (bicyclic) bond motifs is 2. The summed E-state index contributed by atoms with van der Waals surface area (Å²) < 4.78 is 69.0. The Morgan fingerprint density at radius 3 is 1.63 bits per heavy atom. The van der Waals surface area contributed by atoms with Crippen LogP contribution in [0.25, 0.3) is 22.1 Å². The Bertz CT molecular complexity index is 2430. The summed E-state index contributed by atoms with van der Waals surface area (Å²) >= 11 is 0. The van der Waals surface area contributed by atoms with Gasteiger partial charge in [0, 0.05) is 18.7 Å². The zero-order valence-electron chi connectivity index (χ0n) is 29.4. The minimum absolute atomic E-state index is 0.0241. The molecule has 20 heteroatoms. The topological polar surface area (TPSA) is 219 Å². The van der Waals surface area contributed by atoms with Crippen LogP contribution in [0.4, 0.5) is 29.5 Å². The van der Waals surface area contributed by atoms with Gasteiger partial charge in [-0.1, -0.05) is 6.07 Å². The zero-order chi connectivity index (χ0) is 39.3. The van der Waals surface area contributed by atoms with E-state index in [9.17, 15) is 19.5 Å². The molecule has 0 aliphatic carbocycles. The molecule has 4 heterocycles. The van der Waals surface area contributed by atoms with Crippen molar-refractivity contribution in [3.05, 3.63) is 82.4 Å². The van der Waals surface area contributed by atoms with E-state index >= 15 is 17.6 Å². The lowest BCUT2D eigenvalue weighted by molar-refractivity contribution is -0.220. The van der Waals surface area contributed by atoms with E-state index in [2.05, 4.69) is 30.8 Å². The molecule has 0 radical (unpaired) electrons. The maximum absolute atomic E-state index is 16.2. The number of aryl methyl sites for hydroxylation is 4. The Kier molecular flexibility index (Phi) is 9.75. The van der Waals surface area contributed by atoms with Crippen LogP contribution < -0.4 is 22.1 Å². The molecule has 0 aliphatic heterocycles. The Morgan fingerprint density at radius 1 is 0.759 bits per heavy atom. The highest BCUT2D eigenvalue weighted by Crippen LogP contribution is 2.40. The maximum atomic E-state index is 16.2. The number of carbonyl (C=O) groups is 3. The SMILES string of the molecule is CCn1nc(C)cc1C(=O)Nc1nc2cc(C(N)=O)ccc2n1CC(F)(F)C(F)(F)Cn1c(NC(=O)c2cc(C)nn2CC)nc2cc(C(N)O)ccc21. The molecular weight excluding hydrogens is 716 g/mol. The van der Waals surface area contributed by atoms with Gasteiger partial charge >= 0.3 is 11.8 Å². The van der Waals surface area contributed by atoms with Crippen molar-refractivity contribution in [3.8, 4) is 0 Å². The molecule has 0 spiro atoms. The highest BCUT2D eigenvalue weighted by Gasteiger charge is 2.57. The van der Waals surface area contributed by atoms with E-state index in [1.807, 2.05) is 0 Å². The molecule has 7 N–H and O–H groups in total. The first-order valence-corrected chi connectivity index (χ1v) is 16.6. The summed E-state index contributed by atoms with van der Waals surface area (Å²) in [5.74, 6) is -13.1. The molecule has 1 unspecified atom stereocenters. The lowest BCUT2D eigenvalue weighted by Crippen LogP contribution is -2.47. The summed E-state index contributed by atoms with van der Waals surface area (Å²) in [6.07, 6.45) is -1.46. The van der Waals surface area contributed by atoms with Crippen LogP contribution in [-0.4, -0.2) is 73.3 Å². The Balaban J connectivity index is 1.39. The largest absolute Gasteiger partial charge is 0.375 e. The standard InChI is InChI=1S/C34H36F4N12O4/c1-5-49-25(11-17(3)45-49)29(53)43-31-41-21-13-19(27(39)51)7-9-23(21)47(31)15-33(35,36)34(37,38)16-48-24-10-8-20(28(40)52)14-22(24)42-32(48)44-30(54)26-12-18(4)46-50(26)6-2/h7-14,27,51H,5-6,15-16,39H2,1-4H3,(H2,40,52)(H,41,43,53)(H,42,44,54). The number of halogens is 4. The van der Waals surface area contributed by atoms with Crippen molar-refractivity contribution in [1.82, 2.24) is 38.7 Å². The molecule has 4 aromatic heterocycles. The second kappa shape index (κ2) is 14.0. The van der Waals surface area contributed by atoms with Crippen molar-refractivity contribution in [2.45, 2.75) is 71.9 Å². The summed E-state index contributed by atoms with van der Waals surface area (Å²) in [6.45, 7) is 3.98. The molecule has 54 heavy (non-hydrogen) atoms. The number of carbonyl (C=O) groups excluding carboxylic acids is 3. The molecule has 0 saturated carbocycles. The predicted octanol–water partition coefficient (Wildman–Crippen LogP) is 3.96. The predicted molar refractivity (Wildman–Crippen MR) is 188 cm³/mol.